The van der Waals surface area contributed by atoms with Gasteiger partial charge >= 0.3 is 5.97 Å². The van der Waals surface area contributed by atoms with E-state index in [0.717, 1.165) is 6.08 Å². The van der Waals surface area contributed by atoms with Gasteiger partial charge in [0.2, 0.25) is 11.5 Å². The molecule has 2 heterocycles. The highest BCUT2D eigenvalue weighted by atomic mass is 32.1. The van der Waals surface area contributed by atoms with Crippen molar-refractivity contribution in [3.8, 4) is 0 Å². The molecule has 108 valence electrons. The smallest absolute Gasteiger partial charge is 0.371 e. The number of carboxylic acid groups (broad SMARTS) is 1. The van der Waals surface area contributed by atoms with Crippen LogP contribution in [0.1, 0.15) is 12.5 Å². The number of carboxylic acids is 1. The van der Waals surface area contributed by atoms with Gasteiger partial charge in [-0.3, -0.25) is 4.79 Å². The van der Waals surface area contributed by atoms with Gasteiger partial charge in [-0.05, 0) is 17.7 Å². The first-order chi connectivity index (χ1) is 10.0. The minimum Gasteiger partial charge on any atom is -0.475 e. The van der Waals surface area contributed by atoms with Gasteiger partial charge in [-0.1, -0.05) is 42.5 Å². The molecule has 1 aliphatic rings. The Kier molecular flexibility index (Phi) is 4.55. The molecule has 0 spiro atoms. The van der Waals surface area contributed by atoms with E-state index in [2.05, 4.69) is 0 Å². The van der Waals surface area contributed by atoms with Crippen molar-refractivity contribution in [1.29, 1.82) is 0 Å². The maximum absolute atomic E-state index is 11.7. The first kappa shape index (κ1) is 15.0. The predicted octanol–water partition coefficient (Wildman–Crippen LogP) is 3.22. The second-order valence-corrected chi connectivity index (χ2v) is 5.29. The van der Waals surface area contributed by atoms with E-state index in [1.807, 2.05) is 29.0 Å². The molecule has 0 bridgehead atoms. The minimum atomic E-state index is -1.23. The van der Waals surface area contributed by atoms with Crippen LogP contribution in [-0.2, 0) is 19.9 Å². The number of ether oxygens (including phenoxy) is 1. The summed E-state index contributed by atoms with van der Waals surface area (Å²) in [5.41, 5.74) is -0.567. The van der Waals surface area contributed by atoms with E-state index in [1.54, 1.807) is 42.5 Å². The number of carbonyl (C=O) groups excluding carboxylic acids is 1. The second-order valence-electron chi connectivity index (χ2n) is 4.47. The molecule has 1 atom stereocenters. The zero-order valence-electron chi connectivity index (χ0n) is 11.4. The zero-order valence-corrected chi connectivity index (χ0v) is 12.2. The Morgan fingerprint density at radius 2 is 1.76 bits per heavy atom. The molecule has 1 unspecified atom stereocenters. The Hall–Kier alpha value is -2.40. The Morgan fingerprint density at radius 1 is 1.14 bits per heavy atom. The average molecular weight is 302 g/mol. The number of rotatable bonds is 2. The summed E-state index contributed by atoms with van der Waals surface area (Å²) >= 11 is 1.71. The molecule has 21 heavy (non-hydrogen) atoms. The number of ketones is 1. The lowest BCUT2D eigenvalue weighted by Gasteiger charge is -2.23. The molecule has 0 radical (unpaired) electrons. The summed E-state index contributed by atoms with van der Waals surface area (Å²) in [4.78, 5) is 22.5. The molecule has 5 heteroatoms. The van der Waals surface area contributed by atoms with Crippen molar-refractivity contribution in [3.05, 3.63) is 70.6 Å². The van der Waals surface area contributed by atoms with E-state index in [1.165, 1.54) is 0 Å². The lowest BCUT2D eigenvalue weighted by Crippen LogP contribution is -2.30. The number of hydrogen-bond acceptors (Lipinski definition) is 4. The Morgan fingerprint density at radius 3 is 2.19 bits per heavy atom. The van der Waals surface area contributed by atoms with Crippen molar-refractivity contribution in [3.63, 3.8) is 0 Å². The lowest BCUT2D eigenvalue weighted by molar-refractivity contribution is -0.141. The van der Waals surface area contributed by atoms with Gasteiger partial charge in [0.15, 0.2) is 5.60 Å². The summed E-state index contributed by atoms with van der Waals surface area (Å²) in [7, 11) is 0. The number of benzene rings is 1. The fourth-order valence-corrected chi connectivity index (χ4v) is 2.30. The highest BCUT2D eigenvalue weighted by Gasteiger charge is 2.43. The Labute approximate surface area is 126 Å². The molecule has 1 N–H and O–H groups in total. The standard InChI is InChI=1S/C12H10O4.C4H4S/c1-12(8-5-3-2-4-6-8)10(13)7-9(16-12)11(14)15;1-2-4-5-3-1/h2-7H,1H3,(H,14,15);1-4H. The molecule has 1 aliphatic heterocycles. The maximum atomic E-state index is 11.7. The van der Waals surface area contributed by atoms with E-state index < -0.39 is 11.6 Å². The zero-order chi connectivity index (χ0) is 15.3. The minimum absolute atomic E-state index is 0.309. The largest absolute Gasteiger partial charge is 0.475 e. The first-order valence-corrected chi connectivity index (χ1v) is 7.19. The van der Waals surface area contributed by atoms with Gasteiger partial charge < -0.3 is 9.84 Å². The number of thiophene rings is 1. The Bertz CT molecular complexity index is 629. The molecule has 0 saturated heterocycles. The molecule has 3 rings (SSSR count). The van der Waals surface area contributed by atoms with Crippen LogP contribution in [0.5, 0.6) is 0 Å². The van der Waals surface area contributed by atoms with Crippen molar-refractivity contribution in [2.45, 2.75) is 12.5 Å². The van der Waals surface area contributed by atoms with Crippen molar-refractivity contribution in [1.82, 2.24) is 0 Å². The van der Waals surface area contributed by atoms with E-state index >= 15 is 0 Å². The molecule has 0 amide bonds. The van der Waals surface area contributed by atoms with E-state index in [9.17, 15) is 9.59 Å². The van der Waals surface area contributed by atoms with Gasteiger partial charge in [-0.15, -0.1) is 0 Å². The van der Waals surface area contributed by atoms with Gasteiger partial charge in [0.05, 0.1) is 0 Å². The highest BCUT2D eigenvalue weighted by molar-refractivity contribution is 7.07. The van der Waals surface area contributed by atoms with Crippen molar-refractivity contribution in [2.75, 3.05) is 0 Å². The number of aliphatic carboxylic acids is 1. The van der Waals surface area contributed by atoms with Gasteiger partial charge in [-0.25, -0.2) is 4.79 Å². The summed E-state index contributed by atoms with van der Waals surface area (Å²) in [6.45, 7) is 1.57. The third-order valence-electron chi connectivity index (χ3n) is 3.01. The van der Waals surface area contributed by atoms with Crippen LogP contribution in [0.4, 0.5) is 0 Å². The van der Waals surface area contributed by atoms with Gasteiger partial charge in [-0.2, -0.15) is 11.3 Å². The second kappa shape index (κ2) is 6.37. The topological polar surface area (TPSA) is 63.6 Å². The number of carbonyl (C=O) groups is 2. The summed E-state index contributed by atoms with van der Waals surface area (Å²) < 4.78 is 5.22. The van der Waals surface area contributed by atoms with Crippen LogP contribution in [0.25, 0.3) is 0 Å². The first-order valence-electron chi connectivity index (χ1n) is 6.25. The quantitative estimate of drug-likeness (QED) is 0.925. The molecule has 0 fully saturated rings. The van der Waals surface area contributed by atoms with Gasteiger partial charge in [0.25, 0.3) is 0 Å². The van der Waals surface area contributed by atoms with Crippen LogP contribution >= 0.6 is 11.3 Å². The molecule has 2 aromatic rings. The van der Waals surface area contributed by atoms with Crippen molar-refractivity contribution >= 4 is 23.1 Å². The summed E-state index contributed by atoms with van der Waals surface area (Å²) in [6.07, 6.45) is 1.02. The monoisotopic (exact) mass is 302 g/mol. The predicted molar refractivity (Wildman–Crippen MR) is 79.9 cm³/mol. The van der Waals surface area contributed by atoms with Crippen LogP contribution in [0.3, 0.4) is 0 Å². The van der Waals surface area contributed by atoms with Crippen LogP contribution in [0.2, 0.25) is 0 Å². The Balaban J connectivity index is 0.000000272. The van der Waals surface area contributed by atoms with Crippen molar-refractivity contribution < 1.29 is 19.4 Å². The molecule has 0 saturated carbocycles. The molecule has 0 aliphatic carbocycles. The molecule has 1 aromatic heterocycles. The van der Waals surface area contributed by atoms with Crippen LogP contribution in [-0.4, -0.2) is 16.9 Å². The molecular weight excluding hydrogens is 288 g/mol. The fourth-order valence-electron chi connectivity index (χ4n) is 1.85. The third kappa shape index (κ3) is 3.38. The maximum Gasteiger partial charge on any atom is 0.371 e. The van der Waals surface area contributed by atoms with E-state index in [-0.39, 0.29) is 11.5 Å². The molecule has 1 aromatic carbocycles. The van der Waals surface area contributed by atoms with Gasteiger partial charge in [0.1, 0.15) is 0 Å². The highest BCUT2D eigenvalue weighted by Crippen LogP contribution is 2.34. The van der Waals surface area contributed by atoms with Crippen molar-refractivity contribution in [2.24, 2.45) is 0 Å². The summed E-state index contributed by atoms with van der Waals surface area (Å²) in [5, 5.41) is 12.8. The number of hydrogen-bond donors (Lipinski definition) is 1. The third-order valence-corrected chi connectivity index (χ3v) is 3.64. The van der Waals surface area contributed by atoms with Crippen LogP contribution in [0.15, 0.2) is 65.1 Å². The fraction of sp³-hybridized carbons (Fsp3) is 0.125. The van der Waals surface area contributed by atoms with Gasteiger partial charge in [0, 0.05) is 11.6 Å². The summed E-state index contributed by atoms with van der Waals surface area (Å²) in [6, 6.07) is 12.9. The molecule has 4 nitrogen and oxygen atoms in total. The van der Waals surface area contributed by atoms with E-state index in [4.69, 9.17) is 9.84 Å². The lowest BCUT2D eigenvalue weighted by atomic mass is 9.92. The molecular formula is C16H14O4S. The van der Waals surface area contributed by atoms with Crippen LogP contribution in [0, 0.1) is 0 Å². The van der Waals surface area contributed by atoms with Crippen LogP contribution < -0.4 is 0 Å². The normalized spacial score (nSPS) is 20.0. The summed E-state index contributed by atoms with van der Waals surface area (Å²) in [5.74, 6) is -1.89. The van der Waals surface area contributed by atoms with E-state index in [0.29, 0.717) is 5.56 Å². The SMILES string of the molecule is CC1(c2ccccc2)OC(C(=O)O)=CC1=O.c1ccsc1. The average Bonchev–Trinajstić information content (AvgIpc) is 3.14.